The first-order valence-electron chi connectivity index (χ1n) is 6.48. The molecule has 2 aromatic rings. The molecule has 0 fully saturated rings. The molecule has 0 atom stereocenters. The second-order valence-corrected chi connectivity index (χ2v) is 5.77. The third-order valence-electron chi connectivity index (χ3n) is 2.79. The highest BCUT2D eigenvalue weighted by atomic mass is 35.5. The largest absolute Gasteiger partial charge is 0.352 e. The van der Waals surface area contributed by atoms with Crippen LogP contribution >= 0.6 is 22.9 Å². The number of hydrogen-bond donors (Lipinski definition) is 2. The normalized spacial score (nSPS) is 10.1. The Bertz CT molecular complexity index is 597. The lowest BCUT2D eigenvalue weighted by Gasteiger charge is -2.06. The molecule has 0 unspecified atom stereocenters. The summed E-state index contributed by atoms with van der Waals surface area (Å²) in [7, 11) is 0. The zero-order valence-corrected chi connectivity index (χ0v) is 12.8. The van der Waals surface area contributed by atoms with Crippen LogP contribution in [-0.2, 0) is 11.3 Å². The molecule has 2 amide bonds. The Morgan fingerprint density at radius 2 is 1.86 bits per heavy atom. The van der Waals surface area contributed by atoms with Crippen molar-refractivity contribution in [2.45, 2.75) is 13.0 Å². The van der Waals surface area contributed by atoms with Gasteiger partial charge in [-0.25, -0.2) is 0 Å². The van der Waals surface area contributed by atoms with Gasteiger partial charge in [0.05, 0.1) is 4.88 Å². The van der Waals surface area contributed by atoms with Crippen LogP contribution in [0.4, 0.5) is 0 Å². The summed E-state index contributed by atoms with van der Waals surface area (Å²) in [5.74, 6) is -0.244. The van der Waals surface area contributed by atoms with E-state index in [1.54, 1.807) is 18.2 Å². The quantitative estimate of drug-likeness (QED) is 0.859. The van der Waals surface area contributed by atoms with Crippen molar-refractivity contribution in [2.75, 3.05) is 6.54 Å². The molecule has 0 bridgehead atoms. The summed E-state index contributed by atoms with van der Waals surface area (Å²) in [6, 6.07) is 10.9. The van der Waals surface area contributed by atoms with Crippen molar-refractivity contribution < 1.29 is 9.59 Å². The van der Waals surface area contributed by atoms with Gasteiger partial charge in [0.25, 0.3) is 5.91 Å². The Balaban J connectivity index is 1.66. The number of carbonyl (C=O) groups is 2. The van der Waals surface area contributed by atoms with E-state index in [4.69, 9.17) is 11.6 Å². The summed E-state index contributed by atoms with van der Waals surface area (Å²) in [6.45, 7) is 0.776. The van der Waals surface area contributed by atoms with Crippen molar-refractivity contribution in [1.82, 2.24) is 10.6 Å². The van der Waals surface area contributed by atoms with E-state index in [1.807, 2.05) is 23.6 Å². The van der Waals surface area contributed by atoms with Crippen LogP contribution in [0.3, 0.4) is 0 Å². The number of halogens is 1. The predicted octanol–water partition coefficient (Wildman–Crippen LogP) is 2.84. The third kappa shape index (κ3) is 5.21. The number of hydrogen-bond acceptors (Lipinski definition) is 3. The van der Waals surface area contributed by atoms with Gasteiger partial charge in [0.1, 0.15) is 0 Å². The Hall–Kier alpha value is -1.85. The number of thiophene rings is 1. The van der Waals surface area contributed by atoms with Gasteiger partial charge in [-0.05, 0) is 29.1 Å². The van der Waals surface area contributed by atoms with Crippen molar-refractivity contribution in [3.05, 3.63) is 57.2 Å². The monoisotopic (exact) mass is 322 g/mol. The van der Waals surface area contributed by atoms with Crippen molar-refractivity contribution in [2.24, 2.45) is 0 Å². The van der Waals surface area contributed by atoms with Crippen LogP contribution in [0.5, 0.6) is 0 Å². The Morgan fingerprint density at radius 1 is 1.10 bits per heavy atom. The van der Waals surface area contributed by atoms with E-state index < -0.39 is 0 Å². The Kier molecular flexibility index (Phi) is 5.78. The summed E-state index contributed by atoms with van der Waals surface area (Å²) in [5, 5.41) is 8.02. The summed E-state index contributed by atoms with van der Waals surface area (Å²) < 4.78 is 0. The molecule has 1 heterocycles. The number of amides is 2. The first-order valence-corrected chi connectivity index (χ1v) is 7.74. The zero-order chi connectivity index (χ0) is 15.1. The minimum absolute atomic E-state index is 0.101. The van der Waals surface area contributed by atoms with Gasteiger partial charge in [-0.2, -0.15) is 0 Å². The molecule has 2 rings (SSSR count). The summed E-state index contributed by atoms with van der Waals surface area (Å²) in [4.78, 5) is 24.0. The second kappa shape index (κ2) is 7.81. The van der Waals surface area contributed by atoms with Gasteiger partial charge in [-0.1, -0.05) is 29.8 Å². The van der Waals surface area contributed by atoms with E-state index >= 15 is 0 Å². The molecule has 0 spiro atoms. The SMILES string of the molecule is O=C(CCNC(=O)c1cccs1)NCc1ccc(Cl)cc1. The van der Waals surface area contributed by atoms with Gasteiger partial charge in [0.2, 0.25) is 5.91 Å². The van der Waals surface area contributed by atoms with Gasteiger partial charge in [-0.15, -0.1) is 11.3 Å². The fourth-order valence-electron chi connectivity index (χ4n) is 1.68. The van der Waals surface area contributed by atoms with E-state index in [2.05, 4.69) is 10.6 Å². The zero-order valence-electron chi connectivity index (χ0n) is 11.3. The van der Waals surface area contributed by atoms with Gasteiger partial charge in [-0.3, -0.25) is 9.59 Å². The average molecular weight is 323 g/mol. The van der Waals surface area contributed by atoms with Crippen molar-refractivity contribution in [3.63, 3.8) is 0 Å². The van der Waals surface area contributed by atoms with Gasteiger partial charge in [0, 0.05) is 24.5 Å². The molecular weight excluding hydrogens is 308 g/mol. The molecule has 0 saturated heterocycles. The van der Waals surface area contributed by atoms with Crippen LogP contribution in [0.25, 0.3) is 0 Å². The molecule has 0 aliphatic rings. The highest BCUT2D eigenvalue weighted by molar-refractivity contribution is 7.12. The van der Waals surface area contributed by atoms with Crippen molar-refractivity contribution >= 4 is 34.8 Å². The molecular formula is C15H15ClN2O2S. The molecule has 21 heavy (non-hydrogen) atoms. The van der Waals surface area contributed by atoms with E-state index in [9.17, 15) is 9.59 Å². The molecule has 0 aliphatic heterocycles. The molecule has 0 radical (unpaired) electrons. The van der Waals surface area contributed by atoms with Crippen LogP contribution in [0, 0.1) is 0 Å². The summed E-state index contributed by atoms with van der Waals surface area (Å²) >= 11 is 7.16. The lowest BCUT2D eigenvalue weighted by molar-refractivity contribution is -0.121. The molecule has 1 aromatic heterocycles. The molecule has 4 nitrogen and oxygen atoms in total. The maximum atomic E-state index is 11.7. The van der Waals surface area contributed by atoms with Crippen LogP contribution in [0.2, 0.25) is 5.02 Å². The molecule has 2 N–H and O–H groups in total. The first-order chi connectivity index (χ1) is 10.1. The van der Waals surface area contributed by atoms with Gasteiger partial charge >= 0.3 is 0 Å². The van der Waals surface area contributed by atoms with Crippen LogP contribution in [0.1, 0.15) is 21.7 Å². The maximum Gasteiger partial charge on any atom is 0.261 e. The average Bonchev–Trinajstić information content (AvgIpc) is 3.01. The summed E-state index contributed by atoms with van der Waals surface area (Å²) in [6.07, 6.45) is 0.255. The minimum atomic E-state index is -0.143. The smallest absolute Gasteiger partial charge is 0.261 e. The van der Waals surface area contributed by atoms with Crippen LogP contribution in [-0.4, -0.2) is 18.4 Å². The highest BCUT2D eigenvalue weighted by Crippen LogP contribution is 2.09. The first kappa shape index (κ1) is 15.5. The van der Waals surface area contributed by atoms with Gasteiger partial charge in [0.15, 0.2) is 0 Å². The fourth-order valence-corrected chi connectivity index (χ4v) is 2.44. The van der Waals surface area contributed by atoms with Crippen LogP contribution < -0.4 is 10.6 Å². The number of nitrogens with one attached hydrogen (secondary N) is 2. The van der Waals surface area contributed by atoms with Crippen LogP contribution in [0.15, 0.2) is 41.8 Å². The Labute approximate surface area is 132 Å². The summed E-state index contributed by atoms with van der Waals surface area (Å²) in [5.41, 5.74) is 0.982. The van der Waals surface area contributed by atoms with E-state index in [0.717, 1.165) is 5.56 Å². The fraction of sp³-hybridized carbons (Fsp3) is 0.200. The third-order valence-corrected chi connectivity index (χ3v) is 3.91. The van der Waals surface area contributed by atoms with Crippen molar-refractivity contribution in [3.8, 4) is 0 Å². The molecule has 1 aromatic carbocycles. The predicted molar refractivity (Wildman–Crippen MR) is 84.6 cm³/mol. The minimum Gasteiger partial charge on any atom is -0.352 e. The van der Waals surface area contributed by atoms with E-state index in [0.29, 0.717) is 23.0 Å². The lowest BCUT2D eigenvalue weighted by atomic mass is 10.2. The molecule has 0 saturated carbocycles. The number of carbonyl (C=O) groups excluding carboxylic acids is 2. The second-order valence-electron chi connectivity index (χ2n) is 4.39. The topological polar surface area (TPSA) is 58.2 Å². The number of benzene rings is 1. The molecule has 6 heteroatoms. The number of rotatable bonds is 6. The molecule has 0 aliphatic carbocycles. The maximum absolute atomic E-state index is 11.7. The van der Waals surface area contributed by atoms with E-state index in [1.165, 1.54) is 11.3 Å². The highest BCUT2D eigenvalue weighted by Gasteiger charge is 2.07. The Morgan fingerprint density at radius 3 is 2.52 bits per heavy atom. The van der Waals surface area contributed by atoms with E-state index in [-0.39, 0.29) is 18.2 Å². The van der Waals surface area contributed by atoms with Gasteiger partial charge < -0.3 is 10.6 Å². The van der Waals surface area contributed by atoms with Crippen molar-refractivity contribution in [1.29, 1.82) is 0 Å². The lowest BCUT2D eigenvalue weighted by Crippen LogP contribution is -2.30. The standard InChI is InChI=1S/C15H15ClN2O2S/c16-12-5-3-11(4-6-12)10-18-14(19)7-8-17-15(20)13-2-1-9-21-13/h1-6,9H,7-8,10H2,(H,17,20)(H,18,19). The molecule has 110 valence electrons.